The van der Waals surface area contributed by atoms with Gasteiger partial charge in [0.1, 0.15) is 0 Å². The Balaban J connectivity index is 2.02. The molecule has 0 spiro atoms. The van der Waals surface area contributed by atoms with Crippen LogP contribution in [0.4, 0.5) is 5.69 Å². The predicted octanol–water partition coefficient (Wildman–Crippen LogP) is 3.91. The summed E-state index contributed by atoms with van der Waals surface area (Å²) in [6, 6.07) is 8.01. The molecule has 0 radical (unpaired) electrons. The number of rotatable bonds is 3. The summed E-state index contributed by atoms with van der Waals surface area (Å²) in [7, 11) is 0. The normalized spacial score (nSPS) is 23.4. The molecule has 0 bridgehead atoms. The first-order valence-corrected chi connectivity index (χ1v) is 7.38. The summed E-state index contributed by atoms with van der Waals surface area (Å²) in [6.45, 7) is 0. The standard InChI is InChI=1S/C13H15ClN2S/c1-17-11-4-3-10(7-11)16-13-5-2-9(8-15)6-12(13)14/h2,5-6,10-11,16H,3-4,7H2,1H3. The lowest BCUT2D eigenvalue weighted by Gasteiger charge is -2.15. The first kappa shape index (κ1) is 12.6. The summed E-state index contributed by atoms with van der Waals surface area (Å²) in [5, 5.41) is 13.6. The highest BCUT2D eigenvalue weighted by Gasteiger charge is 2.24. The average molecular weight is 267 g/mol. The van der Waals surface area contributed by atoms with Crippen molar-refractivity contribution in [3.05, 3.63) is 28.8 Å². The first-order valence-electron chi connectivity index (χ1n) is 5.72. The highest BCUT2D eigenvalue weighted by molar-refractivity contribution is 7.99. The summed E-state index contributed by atoms with van der Waals surface area (Å²) in [5.41, 5.74) is 1.55. The lowest BCUT2D eigenvalue weighted by atomic mass is 10.2. The van der Waals surface area contributed by atoms with Gasteiger partial charge in [-0.1, -0.05) is 11.6 Å². The molecule has 2 nitrogen and oxygen atoms in total. The van der Waals surface area contributed by atoms with E-state index in [1.54, 1.807) is 12.1 Å². The van der Waals surface area contributed by atoms with Gasteiger partial charge in [-0.3, -0.25) is 0 Å². The zero-order chi connectivity index (χ0) is 12.3. The SMILES string of the molecule is CSC1CCC(Nc2ccc(C#N)cc2Cl)C1. The molecule has 0 aromatic heterocycles. The molecule has 2 unspecified atom stereocenters. The molecule has 1 fully saturated rings. The summed E-state index contributed by atoms with van der Waals surface area (Å²) < 4.78 is 0. The molecule has 1 saturated carbocycles. The van der Waals surface area contributed by atoms with Gasteiger partial charge in [-0.2, -0.15) is 17.0 Å². The number of hydrogen-bond donors (Lipinski definition) is 1. The minimum atomic E-state index is 0.512. The molecule has 1 N–H and O–H groups in total. The van der Waals surface area contributed by atoms with E-state index >= 15 is 0 Å². The van der Waals surface area contributed by atoms with Crippen LogP contribution >= 0.6 is 23.4 Å². The summed E-state index contributed by atoms with van der Waals surface area (Å²) >= 11 is 8.08. The van der Waals surface area contributed by atoms with Crippen molar-refractivity contribution >= 4 is 29.1 Å². The van der Waals surface area contributed by atoms with E-state index in [0.717, 1.165) is 10.9 Å². The molecule has 0 saturated heterocycles. The Bertz CT molecular complexity index is 442. The predicted molar refractivity (Wildman–Crippen MR) is 74.7 cm³/mol. The van der Waals surface area contributed by atoms with Crippen LogP contribution in [-0.4, -0.2) is 17.5 Å². The molecular weight excluding hydrogens is 252 g/mol. The molecular formula is C13H15ClN2S. The molecule has 4 heteroatoms. The van der Waals surface area contributed by atoms with Gasteiger partial charge in [0.25, 0.3) is 0 Å². The van der Waals surface area contributed by atoms with Crippen LogP contribution in [0.2, 0.25) is 5.02 Å². The van der Waals surface area contributed by atoms with E-state index < -0.39 is 0 Å². The van der Waals surface area contributed by atoms with Crippen LogP contribution in [0.1, 0.15) is 24.8 Å². The van der Waals surface area contributed by atoms with Gasteiger partial charge >= 0.3 is 0 Å². The highest BCUT2D eigenvalue weighted by Crippen LogP contribution is 2.32. The smallest absolute Gasteiger partial charge is 0.0992 e. The fourth-order valence-corrected chi connectivity index (χ4v) is 3.24. The zero-order valence-electron chi connectivity index (χ0n) is 9.74. The van der Waals surface area contributed by atoms with E-state index in [-0.39, 0.29) is 0 Å². The van der Waals surface area contributed by atoms with Crippen LogP contribution in [0.25, 0.3) is 0 Å². The number of nitrogens with one attached hydrogen (secondary N) is 1. The Labute approximate surface area is 111 Å². The van der Waals surface area contributed by atoms with E-state index in [1.807, 2.05) is 17.8 Å². The van der Waals surface area contributed by atoms with Gasteiger partial charge in [-0.15, -0.1) is 0 Å². The molecule has 1 aliphatic carbocycles. The van der Waals surface area contributed by atoms with Gasteiger partial charge in [-0.25, -0.2) is 0 Å². The Morgan fingerprint density at radius 1 is 1.47 bits per heavy atom. The van der Waals surface area contributed by atoms with Gasteiger partial charge in [0, 0.05) is 11.3 Å². The van der Waals surface area contributed by atoms with Crippen molar-refractivity contribution in [1.82, 2.24) is 0 Å². The molecule has 0 aliphatic heterocycles. The molecule has 1 aromatic rings. The van der Waals surface area contributed by atoms with Crippen molar-refractivity contribution < 1.29 is 0 Å². The topological polar surface area (TPSA) is 35.8 Å². The zero-order valence-corrected chi connectivity index (χ0v) is 11.3. The quantitative estimate of drug-likeness (QED) is 0.901. The Hall–Kier alpha value is -0.850. The van der Waals surface area contributed by atoms with E-state index in [0.29, 0.717) is 16.6 Å². The van der Waals surface area contributed by atoms with Gasteiger partial charge in [0.05, 0.1) is 22.3 Å². The van der Waals surface area contributed by atoms with Crippen molar-refractivity contribution in [1.29, 1.82) is 5.26 Å². The number of hydrogen-bond acceptors (Lipinski definition) is 3. The Kier molecular flexibility index (Phi) is 4.20. The lowest BCUT2D eigenvalue weighted by molar-refractivity contribution is 0.757. The molecule has 2 rings (SSSR count). The molecule has 1 aromatic carbocycles. The van der Waals surface area contributed by atoms with Gasteiger partial charge in [-0.05, 0) is 43.7 Å². The fraction of sp³-hybridized carbons (Fsp3) is 0.462. The molecule has 1 aliphatic rings. The van der Waals surface area contributed by atoms with Crippen molar-refractivity contribution in [2.75, 3.05) is 11.6 Å². The van der Waals surface area contributed by atoms with Crippen molar-refractivity contribution in [3.8, 4) is 6.07 Å². The van der Waals surface area contributed by atoms with Crippen LogP contribution in [0.15, 0.2) is 18.2 Å². The van der Waals surface area contributed by atoms with Crippen LogP contribution in [0, 0.1) is 11.3 Å². The van der Waals surface area contributed by atoms with Crippen molar-refractivity contribution in [2.24, 2.45) is 0 Å². The summed E-state index contributed by atoms with van der Waals surface area (Å²) in [5.74, 6) is 0. The number of anilines is 1. The number of nitrogens with zero attached hydrogens (tertiary/aromatic N) is 1. The number of thioether (sulfide) groups is 1. The third-order valence-corrected chi connectivity index (χ3v) is 4.58. The third-order valence-electron chi connectivity index (χ3n) is 3.18. The molecule has 0 amide bonds. The third kappa shape index (κ3) is 3.08. The second kappa shape index (κ2) is 5.66. The van der Waals surface area contributed by atoms with Gasteiger partial charge < -0.3 is 5.32 Å². The van der Waals surface area contributed by atoms with Gasteiger partial charge in [0.2, 0.25) is 0 Å². The fourth-order valence-electron chi connectivity index (χ4n) is 2.21. The van der Waals surface area contributed by atoms with Crippen LogP contribution < -0.4 is 5.32 Å². The first-order chi connectivity index (χ1) is 8.22. The number of nitriles is 1. The summed E-state index contributed by atoms with van der Waals surface area (Å²) in [6.07, 6.45) is 5.83. The van der Waals surface area contributed by atoms with Crippen molar-refractivity contribution in [2.45, 2.75) is 30.6 Å². The second-order valence-corrected chi connectivity index (χ2v) is 5.86. The summed E-state index contributed by atoms with van der Waals surface area (Å²) in [4.78, 5) is 0. The van der Waals surface area contributed by atoms with Crippen LogP contribution in [-0.2, 0) is 0 Å². The monoisotopic (exact) mass is 266 g/mol. The van der Waals surface area contributed by atoms with Crippen molar-refractivity contribution in [3.63, 3.8) is 0 Å². The van der Waals surface area contributed by atoms with Crippen LogP contribution in [0.3, 0.4) is 0 Å². The van der Waals surface area contributed by atoms with Gasteiger partial charge in [0.15, 0.2) is 0 Å². The minimum Gasteiger partial charge on any atom is -0.381 e. The maximum atomic E-state index is 8.77. The number of benzene rings is 1. The Morgan fingerprint density at radius 3 is 2.88 bits per heavy atom. The molecule has 17 heavy (non-hydrogen) atoms. The minimum absolute atomic E-state index is 0.512. The molecule has 0 heterocycles. The van der Waals surface area contributed by atoms with Crippen LogP contribution in [0.5, 0.6) is 0 Å². The van der Waals surface area contributed by atoms with E-state index in [9.17, 15) is 0 Å². The lowest BCUT2D eigenvalue weighted by Crippen LogP contribution is -2.16. The maximum Gasteiger partial charge on any atom is 0.0992 e. The average Bonchev–Trinajstić information content (AvgIpc) is 2.79. The highest BCUT2D eigenvalue weighted by atomic mass is 35.5. The maximum absolute atomic E-state index is 8.77. The number of halogens is 1. The second-order valence-electron chi connectivity index (χ2n) is 4.32. The van der Waals surface area contributed by atoms with E-state index in [2.05, 4.69) is 17.6 Å². The molecule has 90 valence electrons. The molecule has 2 atom stereocenters. The largest absolute Gasteiger partial charge is 0.381 e. The van der Waals surface area contributed by atoms with E-state index in [1.165, 1.54) is 19.3 Å². The Morgan fingerprint density at radius 2 is 2.29 bits per heavy atom. The van der Waals surface area contributed by atoms with E-state index in [4.69, 9.17) is 16.9 Å².